The molecule has 0 aliphatic rings. The van der Waals surface area contributed by atoms with Crippen LogP contribution in [0.2, 0.25) is 0 Å². The Morgan fingerprint density at radius 3 is 2.36 bits per heavy atom. The number of ether oxygens (including phenoxy) is 1. The largest absolute Gasteiger partial charge is 0.530 e. The van der Waals surface area contributed by atoms with Crippen LogP contribution in [0.15, 0.2) is 48.5 Å². The van der Waals surface area contributed by atoms with Crippen LogP contribution < -0.4 is 9.26 Å². The van der Waals surface area contributed by atoms with Gasteiger partial charge in [0.05, 0.1) is 20.3 Å². The molecule has 1 aromatic heterocycles. The number of methoxy groups -OCH3 is 1. The number of phosphoric acid groups is 1. The summed E-state index contributed by atoms with van der Waals surface area (Å²) >= 11 is 1.72. The topological polar surface area (TPSA) is 54.0 Å². The number of rotatable bonds is 9. The molecule has 0 aliphatic carbocycles. The van der Waals surface area contributed by atoms with E-state index in [1.54, 1.807) is 44.4 Å². The molecular weight excluding hydrogens is 395 g/mol. The molecule has 0 bridgehead atoms. The highest BCUT2D eigenvalue weighted by Gasteiger charge is 2.27. The van der Waals surface area contributed by atoms with Crippen LogP contribution in [-0.4, -0.2) is 20.3 Å². The quantitative estimate of drug-likeness (QED) is 0.365. The number of fused-ring (bicyclic) bond motifs is 1. The van der Waals surface area contributed by atoms with E-state index < -0.39 is 7.82 Å². The van der Waals surface area contributed by atoms with Crippen LogP contribution in [0.5, 0.6) is 11.5 Å². The van der Waals surface area contributed by atoms with Crippen molar-refractivity contribution >= 4 is 41.4 Å². The Labute approximate surface area is 169 Å². The van der Waals surface area contributed by atoms with Crippen molar-refractivity contribution in [3.05, 3.63) is 59.0 Å². The molecule has 2 aromatic carbocycles. The van der Waals surface area contributed by atoms with Gasteiger partial charge in [0, 0.05) is 15.6 Å². The molecule has 1 heterocycles. The van der Waals surface area contributed by atoms with Crippen molar-refractivity contribution in [1.82, 2.24) is 0 Å². The fourth-order valence-corrected chi connectivity index (χ4v) is 4.80. The maximum atomic E-state index is 12.6. The molecule has 28 heavy (non-hydrogen) atoms. The second-order valence-corrected chi connectivity index (χ2v) is 8.54. The highest BCUT2D eigenvalue weighted by Crippen LogP contribution is 2.49. The summed E-state index contributed by atoms with van der Waals surface area (Å²) in [4.78, 5) is 1.14. The van der Waals surface area contributed by atoms with Crippen molar-refractivity contribution in [3.63, 3.8) is 0 Å². The van der Waals surface area contributed by atoms with Gasteiger partial charge < -0.3 is 9.26 Å². The van der Waals surface area contributed by atoms with Crippen LogP contribution in [0.4, 0.5) is 0 Å². The highest BCUT2D eigenvalue weighted by atomic mass is 32.1. The summed E-state index contributed by atoms with van der Waals surface area (Å²) < 4.78 is 35.2. The summed E-state index contributed by atoms with van der Waals surface area (Å²) in [7, 11) is -2.09. The molecule has 148 valence electrons. The van der Waals surface area contributed by atoms with Crippen LogP contribution >= 0.6 is 19.2 Å². The molecule has 0 saturated carbocycles. The average molecular weight is 418 g/mol. The zero-order valence-corrected chi connectivity index (χ0v) is 17.8. The summed E-state index contributed by atoms with van der Waals surface area (Å²) in [5.74, 6) is 0.952. The van der Waals surface area contributed by atoms with Gasteiger partial charge in [0.1, 0.15) is 11.5 Å². The summed E-state index contributed by atoms with van der Waals surface area (Å²) in [5.41, 5.74) is 0.853. The molecule has 0 saturated heterocycles. The summed E-state index contributed by atoms with van der Waals surface area (Å²) in [6.45, 7) is 3.92. The molecular formula is C21H23O5PS. The number of hydrogen-bond donors (Lipinski definition) is 0. The minimum absolute atomic E-state index is 0.222. The molecule has 0 radical (unpaired) electrons. The summed E-state index contributed by atoms with van der Waals surface area (Å²) in [5, 5.41) is 1.22. The number of thiophene rings is 1. The van der Waals surface area contributed by atoms with E-state index >= 15 is 0 Å². The lowest BCUT2D eigenvalue weighted by atomic mass is 10.2. The van der Waals surface area contributed by atoms with Crippen molar-refractivity contribution in [2.75, 3.05) is 20.3 Å². The van der Waals surface area contributed by atoms with Crippen molar-refractivity contribution in [1.29, 1.82) is 0 Å². The number of phosphoric ester groups is 1. The molecule has 0 unspecified atom stereocenters. The Morgan fingerprint density at radius 2 is 1.68 bits per heavy atom. The van der Waals surface area contributed by atoms with E-state index in [2.05, 4.69) is 18.2 Å². The van der Waals surface area contributed by atoms with Crippen molar-refractivity contribution in [2.45, 2.75) is 13.8 Å². The second kappa shape index (κ2) is 9.39. The smallest absolute Gasteiger partial charge is 0.497 e. The molecule has 0 aliphatic heterocycles. The van der Waals surface area contributed by atoms with Gasteiger partial charge in [0.25, 0.3) is 0 Å². The van der Waals surface area contributed by atoms with E-state index in [-0.39, 0.29) is 13.2 Å². The van der Waals surface area contributed by atoms with Crippen LogP contribution in [0, 0.1) is 0 Å². The number of hydrogen-bond acceptors (Lipinski definition) is 6. The molecule has 3 rings (SSSR count). The molecule has 0 atom stereocenters. The first-order chi connectivity index (χ1) is 13.5. The van der Waals surface area contributed by atoms with E-state index in [0.717, 1.165) is 10.4 Å². The van der Waals surface area contributed by atoms with Crippen LogP contribution in [0.3, 0.4) is 0 Å². The summed E-state index contributed by atoms with van der Waals surface area (Å²) in [6.07, 6.45) is 4.00. The Kier molecular flexibility index (Phi) is 6.92. The Balaban J connectivity index is 1.86. The normalized spacial score (nSPS) is 12.0. The summed E-state index contributed by atoms with van der Waals surface area (Å²) in [6, 6.07) is 15.7. The van der Waals surface area contributed by atoms with Crippen molar-refractivity contribution in [3.8, 4) is 11.5 Å². The lowest BCUT2D eigenvalue weighted by Gasteiger charge is -2.17. The predicted octanol–water partition coefficient (Wildman–Crippen LogP) is 6.64. The fourth-order valence-electron chi connectivity index (χ4n) is 2.66. The molecule has 3 aromatic rings. The molecule has 0 spiro atoms. The molecule has 7 heteroatoms. The Morgan fingerprint density at radius 1 is 0.964 bits per heavy atom. The van der Waals surface area contributed by atoms with Crippen LogP contribution in [0.25, 0.3) is 22.2 Å². The molecule has 0 amide bonds. The minimum atomic E-state index is -3.67. The van der Waals surface area contributed by atoms with Gasteiger partial charge in [-0.1, -0.05) is 24.3 Å². The lowest BCUT2D eigenvalue weighted by molar-refractivity contribution is 0.167. The first kappa shape index (κ1) is 20.6. The standard InChI is InChI=1S/C21H23O5PS/c1-4-24-27(22,25-5-2)26-19-13-16(12-18(15-19)23-3)10-11-20-14-17-8-6-7-9-21(17)28-20/h6-15H,4-5H2,1-3H3. The Hall–Kier alpha value is -2.11. The van der Waals surface area contributed by atoms with E-state index in [1.165, 1.54) is 10.1 Å². The lowest BCUT2D eigenvalue weighted by Crippen LogP contribution is -2.02. The third-order valence-corrected chi connectivity index (χ3v) is 6.48. The van der Waals surface area contributed by atoms with E-state index in [1.807, 2.05) is 30.4 Å². The van der Waals surface area contributed by atoms with Gasteiger partial charge >= 0.3 is 7.82 Å². The maximum absolute atomic E-state index is 12.6. The predicted molar refractivity (Wildman–Crippen MR) is 115 cm³/mol. The van der Waals surface area contributed by atoms with Gasteiger partial charge in [-0.25, -0.2) is 4.57 Å². The minimum Gasteiger partial charge on any atom is -0.497 e. The first-order valence-corrected chi connectivity index (χ1v) is 11.3. The van der Waals surface area contributed by atoms with Gasteiger partial charge in [-0.3, -0.25) is 9.05 Å². The van der Waals surface area contributed by atoms with E-state index in [0.29, 0.717) is 11.5 Å². The molecule has 0 N–H and O–H groups in total. The van der Waals surface area contributed by atoms with Crippen molar-refractivity contribution in [2.24, 2.45) is 0 Å². The first-order valence-electron chi connectivity index (χ1n) is 8.99. The maximum Gasteiger partial charge on any atom is 0.530 e. The zero-order valence-electron chi connectivity index (χ0n) is 16.1. The van der Waals surface area contributed by atoms with Gasteiger partial charge in [0.15, 0.2) is 0 Å². The van der Waals surface area contributed by atoms with E-state index in [4.69, 9.17) is 18.3 Å². The van der Waals surface area contributed by atoms with E-state index in [9.17, 15) is 4.57 Å². The van der Waals surface area contributed by atoms with Crippen molar-refractivity contribution < 1.29 is 22.9 Å². The third-order valence-electron chi connectivity index (χ3n) is 3.81. The SMILES string of the molecule is CCOP(=O)(OCC)Oc1cc(C=Cc2cc3ccccc3s2)cc(OC)c1. The van der Waals surface area contributed by atoms with Gasteiger partial charge in [-0.2, -0.15) is 0 Å². The highest BCUT2D eigenvalue weighted by molar-refractivity contribution is 7.48. The van der Waals surface area contributed by atoms with Gasteiger partial charge in [0.2, 0.25) is 0 Å². The average Bonchev–Trinajstić information content (AvgIpc) is 3.09. The fraction of sp³-hybridized carbons (Fsp3) is 0.238. The van der Waals surface area contributed by atoms with Crippen LogP contribution in [0.1, 0.15) is 24.3 Å². The molecule has 0 fully saturated rings. The van der Waals surface area contributed by atoms with Crippen LogP contribution in [-0.2, 0) is 13.6 Å². The van der Waals surface area contributed by atoms with Gasteiger partial charge in [-0.05, 0) is 55.1 Å². The zero-order chi connectivity index (χ0) is 20.0. The Bertz CT molecular complexity index is 968. The van der Waals surface area contributed by atoms with Gasteiger partial charge in [-0.15, -0.1) is 11.3 Å². The molecule has 5 nitrogen and oxygen atoms in total. The monoisotopic (exact) mass is 418 g/mol. The third kappa shape index (κ3) is 5.24. The second-order valence-electron chi connectivity index (χ2n) is 5.84. The number of benzene rings is 2.